The van der Waals surface area contributed by atoms with Crippen molar-refractivity contribution < 1.29 is 8.42 Å². The summed E-state index contributed by atoms with van der Waals surface area (Å²) in [6.07, 6.45) is 1.23. The van der Waals surface area contributed by atoms with Crippen LogP contribution in [0.5, 0.6) is 0 Å². The number of piperazine rings is 1. The van der Waals surface area contributed by atoms with Crippen LogP contribution in [0.1, 0.15) is 11.3 Å². The second-order valence-corrected chi connectivity index (χ2v) is 13.9. The third kappa shape index (κ3) is 6.47. The van der Waals surface area contributed by atoms with Crippen LogP contribution in [-0.2, 0) is 22.9 Å². The summed E-state index contributed by atoms with van der Waals surface area (Å²) in [5.41, 5.74) is 5.01. The van der Waals surface area contributed by atoms with Crippen molar-refractivity contribution in [1.82, 2.24) is 19.6 Å². The Hall–Kier alpha value is -3.27. The first-order chi connectivity index (χ1) is 19.8. The van der Waals surface area contributed by atoms with E-state index in [9.17, 15) is 8.42 Å². The Morgan fingerprint density at radius 3 is 2.20 bits per heavy atom. The lowest BCUT2D eigenvalue weighted by Crippen LogP contribution is -2.45. The zero-order valence-corrected chi connectivity index (χ0v) is 25.2. The smallest absolute Gasteiger partial charge is 0.175 e. The molecular weight excluding hydrogens is 572 g/mol. The highest BCUT2D eigenvalue weighted by Gasteiger charge is 2.21. The molecule has 9 heteroatoms. The Kier molecular flexibility index (Phi) is 8.10. The van der Waals surface area contributed by atoms with Gasteiger partial charge in [0.15, 0.2) is 9.84 Å². The van der Waals surface area contributed by atoms with Gasteiger partial charge in [-0.25, -0.2) is 13.1 Å². The van der Waals surface area contributed by atoms with Crippen LogP contribution in [0.2, 0.25) is 5.02 Å². The highest BCUT2D eigenvalue weighted by molar-refractivity contribution is 7.90. The van der Waals surface area contributed by atoms with E-state index in [4.69, 9.17) is 16.7 Å². The first-order valence-corrected chi connectivity index (χ1v) is 16.7. The minimum absolute atomic E-state index is 0.317. The molecule has 1 aliphatic heterocycles. The summed E-state index contributed by atoms with van der Waals surface area (Å²) in [5, 5.41) is 5.67. The maximum Gasteiger partial charge on any atom is 0.175 e. The van der Waals surface area contributed by atoms with Crippen molar-refractivity contribution in [2.75, 3.05) is 32.4 Å². The maximum absolute atomic E-state index is 12.1. The van der Waals surface area contributed by atoms with Gasteiger partial charge in [-0.15, -0.1) is 11.3 Å². The molecule has 6 rings (SSSR count). The number of aromatic nitrogens is 2. The van der Waals surface area contributed by atoms with Gasteiger partial charge in [0.05, 0.1) is 31.9 Å². The molecule has 0 atom stereocenters. The number of benzene rings is 3. The molecule has 0 amide bonds. The molecule has 1 fully saturated rings. The van der Waals surface area contributed by atoms with Crippen molar-refractivity contribution in [3.8, 4) is 26.7 Å². The fraction of sp³-hybridized carbons (Fsp3) is 0.219. The van der Waals surface area contributed by atoms with Gasteiger partial charge >= 0.3 is 0 Å². The number of halogens is 1. The summed E-state index contributed by atoms with van der Waals surface area (Å²) in [7, 11) is -3.29. The largest absolute Gasteiger partial charge is 0.297 e. The fourth-order valence-electron chi connectivity index (χ4n) is 5.18. The Labute approximate surface area is 250 Å². The van der Waals surface area contributed by atoms with Crippen molar-refractivity contribution >= 4 is 32.8 Å². The first kappa shape index (κ1) is 27.9. The molecule has 0 radical (unpaired) electrons. The van der Waals surface area contributed by atoms with E-state index in [1.807, 2.05) is 41.1 Å². The fourth-order valence-corrected chi connectivity index (χ4v) is 7.06. The summed E-state index contributed by atoms with van der Waals surface area (Å²) in [6, 6.07) is 31.7. The van der Waals surface area contributed by atoms with E-state index in [1.165, 1.54) is 11.8 Å². The molecule has 0 N–H and O–H groups in total. The summed E-state index contributed by atoms with van der Waals surface area (Å²) >= 11 is 8.25. The molecule has 6 nitrogen and oxygen atoms in total. The van der Waals surface area contributed by atoms with Crippen LogP contribution < -0.4 is 0 Å². The number of hydrogen-bond donors (Lipinski definition) is 0. The van der Waals surface area contributed by atoms with Gasteiger partial charge in [0.2, 0.25) is 0 Å². The molecule has 3 heterocycles. The molecule has 41 heavy (non-hydrogen) atoms. The Balaban J connectivity index is 1.25. The van der Waals surface area contributed by atoms with Gasteiger partial charge in [-0.1, -0.05) is 66.2 Å². The number of hydrogen-bond acceptors (Lipinski definition) is 6. The highest BCUT2D eigenvalue weighted by Crippen LogP contribution is 2.37. The Bertz CT molecular complexity index is 1760. The van der Waals surface area contributed by atoms with Crippen LogP contribution in [0.25, 0.3) is 26.7 Å². The van der Waals surface area contributed by atoms with Gasteiger partial charge in [-0.2, -0.15) is 5.10 Å². The van der Waals surface area contributed by atoms with E-state index < -0.39 is 9.84 Å². The van der Waals surface area contributed by atoms with E-state index in [-0.39, 0.29) is 0 Å². The summed E-state index contributed by atoms with van der Waals surface area (Å²) in [6.45, 7) is 5.76. The summed E-state index contributed by atoms with van der Waals surface area (Å²) in [5.74, 6) is 0. The Morgan fingerprint density at radius 1 is 0.780 bits per heavy atom. The topological polar surface area (TPSA) is 58.4 Å². The molecular formula is C32H31ClN4O2S2. The molecule has 0 saturated carbocycles. The summed E-state index contributed by atoms with van der Waals surface area (Å²) < 4.78 is 26.2. The maximum atomic E-state index is 12.1. The quantitative estimate of drug-likeness (QED) is 0.199. The van der Waals surface area contributed by atoms with E-state index in [2.05, 4.69) is 52.3 Å². The number of sulfone groups is 1. The normalized spacial score (nSPS) is 14.9. The van der Waals surface area contributed by atoms with E-state index in [0.29, 0.717) is 9.92 Å². The number of nitrogens with zero attached hydrogens (tertiary/aromatic N) is 4. The minimum Gasteiger partial charge on any atom is -0.297 e. The molecule has 0 spiro atoms. The molecule has 0 unspecified atom stereocenters. The van der Waals surface area contributed by atoms with Gasteiger partial charge < -0.3 is 0 Å². The first-order valence-electron chi connectivity index (χ1n) is 13.6. The lowest BCUT2D eigenvalue weighted by Gasteiger charge is -2.34. The van der Waals surface area contributed by atoms with Crippen LogP contribution in [0.4, 0.5) is 0 Å². The molecule has 1 saturated heterocycles. The SMILES string of the molecule is CS(=O)(=O)c1cccc(-c2ccc(-c3cc(CN4CCN(Cc5ccccc5)CC4)nn3-c3ccccc3Cl)s2)c1. The number of para-hydroxylation sites is 1. The van der Waals surface area contributed by atoms with Crippen LogP contribution >= 0.6 is 22.9 Å². The van der Waals surface area contributed by atoms with Crippen molar-refractivity contribution in [1.29, 1.82) is 0 Å². The van der Waals surface area contributed by atoms with Crippen molar-refractivity contribution in [2.45, 2.75) is 18.0 Å². The van der Waals surface area contributed by atoms with Gasteiger partial charge in [0.1, 0.15) is 0 Å². The predicted octanol–water partition coefficient (Wildman–Crippen LogP) is 6.64. The average Bonchev–Trinajstić information content (AvgIpc) is 3.62. The third-order valence-electron chi connectivity index (χ3n) is 7.35. The van der Waals surface area contributed by atoms with Crippen LogP contribution in [0.3, 0.4) is 0 Å². The third-order valence-corrected chi connectivity index (χ3v) is 9.93. The monoisotopic (exact) mass is 602 g/mol. The number of rotatable bonds is 8. The average molecular weight is 603 g/mol. The zero-order valence-electron chi connectivity index (χ0n) is 22.8. The van der Waals surface area contributed by atoms with Crippen molar-refractivity contribution in [2.24, 2.45) is 0 Å². The van der Waals surface area contributed by atoms with E-state index in [0.717, 1.165) is 71.7 Å². The van der Waals surface area contributed by atoms with Gasteiger partial charge in [-0.3, -0.25) is 9.80 Å². The molecule has 5 aromatic rings. The van der Waals surface area contributed by atoms with Crippen LogP contribution in [0, 0.1) is 0 Å². The van der Waals surface area contributed by atoms with Crippen LogP contribution in [-0.4, -0.2) is 60.4 Å². The number of thiophene rings is 1. The molecule has 0 aliphatic carbocycles. The molecule has 210 valence electrons. The minimum atomic E-state index is -3.29. The molecule has 3 aromatic carbocycles. The lowest BCUT2D eigenvalue weighted by atomic mass is 10.2. The summed E-state index contributed by atoms with van der Waals surface area (Å²) in [4.78, 5) is 7.31. The second-order valence-electron chi connectivity index (χ2n) is 10.4. The highest BCUT2D eigenvalue weighted by atomic mass is 35.5. The van der Waals surface area contributed by atoms with Crippen molar-refractivity contribution in [3.05, 3.63) is 113 Å². The van der Waals surface area contributed by atoms with E-state index >= 15 is 0 Å². The zero-order chi connectivity index (χ0) is 28.4. The Morgan fingerprint density at radius 2 is 1.46 bits per heavy atom. The van der Waals surface area contributed by atoms with Crippen LogP contribution in [0.15, 0.2) is 102 Å². The predicted molar refractivity (Wildman–Crippen MR) is 167 cm³/mol. The second kappa shape index (κ2) is 11.9. The van der Waals surface area contributed by atoms with E-state index in [1.54, 1.807) is 29.5 Å². The van der Waals surface area contributed by atoms with Gasteiger partial charge in [-0.05, 0) is 53.6 Å². The lowest BCUT2D eigenvalue weighted by molar-refractivity contribution is 0.121. The van der Waals surface area contributed by atoms with Gasteiger partial charge in [0, 0.05) is 50.4 Å². The molecule has 0 bridgehead atoms. The molecule has 1 aliphatic rings. The van der Waals surface area contributed by atoms with Crippen molar-refractivity contribution in [3.63, 3.8) is 0 Å². The molecule has 2 aromatic heterocycles. The standard InChI is InChI=1S/C32H31ClN4O2S2/c1-41(38,39)27-11-7-10-25(20-27)31-14-15-32(40-31)30-21-26(34-37(30)29-13-6-5-12-28(29)33)23-36-18-16-35(17-19-36)22-24-8-3-2-4-9-24/h2-15,20-21H,16-19,22-23H2,1H3. The van der Waals surface area contributed by atoms with Gasteiger partial charge in [0.25, 0.3) is 0 Å².